The van der Waals surface area contributed by atoms with Crippen LogP contribution in [0.4, 0.5) is 11.4 Å². The summed E-state index contributed by atoms with van der Waals surface area (Å²) in [6.07, 6.45) is 3.51. The van der Waals surface area contributed by atoms with Crippen molar-refractivity contribution < 1.29 is 18.3 Å². The van der Waals surface area contributed by atoms with Gasteiger partial charge in [-0.2, -0.15) is 0 Å². The number of aromatic nitrogens is 1. The van der Waals surface area contributed by atoms with Crippen LogP contribution >= 0.6 is 23.6 Å². The zero-order valence-electron chi connectivity index (χ0n) is 22.0. The molecule has 0 bridgehead atoms. The predicted molar refractivity (Wildman–Crippen MR) is 160 cm³/mol. The molecular formula is C27H33N5O4S3. The van der Waals surface area contributed by atoms with Gasteiger partial charge < -0.3 is 21.1 Å². The summed E-state index contributed by atoms with van der Waals surface area (Å²) in [5, 5.41) is 20.0. The molecule has 1 aromatic heterocycles. The Hall–Kier alpha value is -2.90. The monoisotopic (exact) mass is 587 g/mol. The number of aliphatic hydroxyl groups is 1. The molecule has 1 amide bonds. The van der Waals surface area contributed by atoms with Crippen LogP contribution in [0.1, 0.15) is 46.5 Å². The molecule has 0 aliphatic heterocycles. The number of amides is 1. The van der Waals surface area contributed by atoms with Crippen molar-refractivity contribution in [3.05, 3.63) is 48.7 Å². The van der Waals surface area contributed by atoms with Crippen molar-refractivity contribution in [1.82, 2.24) is 15.0 Å². The Morgan fingerprint density at radius 2 is 1.72 bits per heavy atom. The van der Waals surface area contributed by atoms with E-state index in [0.717, 1.165) is 16.3 Å². The zero-order valence-corrected chi connectivity index (χ0v) is 24.5. The van der Waals surface area contributed by atoms with Gasteiger partial charge in [-0.1, -0.05) is 6.07 Å². The second-order valence-electron chi connectivity index (χ2n) is 9.88. The van der Waals surface area contributed by atoms with Gasteiger partial charge in [0.1, 0.15) is 5.01 Å². The number of anilines is 2. The topological polar surface area (TPSA) is 132 Å². The molecule has 1 fully saturated rings. The lowest BCUT2D eigenvalue weighted by atomic mass is 9.94. The molecule has 12 heteroatoms. The lowest BCUT2D eigenvalue weighted by molar-refractivity contribution is -0.114. The molecule has 9 nitrogen and oxygen atoms in total. The average Bonchev–Trinajstić information content (AvgIpc) is 3.35. The van der Waals surface area contributed by atoms with Crippen molar-refractivity contribution in [3.8, 4) is 21.0 Å². The molecule has 0 saturated heterocycles. The molecule has 0 unspecified atom stereocenters. The van der Waals surface area contributed by atoms with Crippen LogP contribution in [0.15, 0.2) is 53.6 Å². The van der Waals surface area contributed by atoms with E-state index in [1.807, 2.05) is 38.1 Å². The lowest BCUT2D eigenvalue weighted by Crippen LogP contribution is -2.38. The summed E-state index contributed by atoms with van der Waals surface area (Å²) in [5.74, 6) is -0.293. The summed E-state index contributed by atoms with van der Waals surface area (Å²) in [6, 6.07) is 12.5. The summed E-state index contributed by atoms with van der Waals surface area (Å²) in [5.41, 5.74) is 2.62. The van der Waals surface area contributed by atoms with E-state index in [4.69, 9.17) is 12.2 Å². The van der Waals surface area contributed by atoms with E-state index in [9.17, 15) is 18.3 Å². The van der Waals surface area contributed by atoms with Crippen LogP contribution in [0.5, 0.6) is 0 Å². The minimum atomic E-state index is -3.93. The van der Waals surface area contributed by atoms with Gasteiger partial charge in [0.2, 0.25) is 15.9 Å². The summed E-state index contributed by atoms with van der Waals surface area (Å²) in [7, 11) is -3.93. The fourth-order valence-corrected chi connectivity index (χ4v) is 7.29. The van der Waals surface area contributed by atoms with Gasteiger partial charge in [0.25, 0.3) is 0 Å². The maximum atomic E-state index is 13.6. The quantitative estimate of drug-likeness (QED) is 0.239. The Labute approximate surface area is 238 Å². The molecule has 4 rings (SSSR count). The molecule has 2 aromatic carbocycles. The molecule has 1 saturated carbocycles. The molecule has 0 radical (unpaired) electrons. The highest BCUT2D eigenvalue weighted by molar-refractivity contribution is 7.89. The maximum absolute atomic E-state index is 13.6. The normalized spacial score (nSPS) is 17.6. The van der Waals surface area contributed by atoms with Crippen LogP contribution in [-0.2, 0) is 14.8 Å². The number of thiazole rings is 1. The number of thiocarbonyl (C=S) groups is 1. The molecule has 0 spiro atoms. The third-order valence-electron chi connectivity index (χ3n) is 6.19. The predicted octanol–water partition coefficient (Wildman–Crippen LogP) is 4.71. The number of sulfonamides is 1. The molecule has 39 heavy (non-hydrogen) atoms. The van der Waals surface area contributed by atoms with E-state index in [1.54, 1.807) is 18.3 Å². The van der Waals surface area contributed by atoms with E-state index in [2.05, 4.69) is 25.7 Å². The van der Waals surface area contributed by atoms with Crippen molar-refractivity contribution in [3.63, 3.8) is 0 Å². The summed E-state index contributed by atoms with van der Waals surface area (Å²) in [6.45, 7) is 5.40. The molecule has 1 aliphatic carbocycles. The van der Waals surface area contributed by atoms with Crippen LogP contribution in [0.3, 0.4) is 0 Å². The Kier molecular flexibility index (Phi) is 9.34. The van der Waals surface area contributed by atoms with Crippen molar-refractivity contribution >= 4 is 56.0 Å². The van der Waals surface area contributed by atoms with Crippen LogP contribution in [-0.4, -0.2) is 47.7 Å². The van der Waals surface area contributed by atoms with E-state index in [0.29, 0.717) is 46.9 Å². The maximum Gasteiger partial charge on any atom is 0.241 e. The highest BCUT2D eigenvalue weighted by atomic mass is 32.2. The minimum absolute atomic E-state index is 0.0702. The summed E-state index contributed by atoms with van der Waals surface area (Å²) in [4.78, 5) is 17.0. The largest absolute Gasteiger partial charge is 0.393 e. The Balaban J connectivity index is 1.60. The number of carbonyl (C=O) groups is 1. The Morgan fingerprint density at radius 3 is 2.36 bits per heavy atom. The zero-order chi connectivity index (χ0) is 28.2. The number of nitrogens with one attached hydrogen (secondary N) is 4. The van der Waals surface area contributed by atoms with Crippen molar-refractivity contribution in [2.45, 2.75) is 69.5 Å². The van der Waals surface area contributed by atoms with Crippen LogP contribution < -0.4 is 20.7 Å². The van der Waals surface area contributed by atoms with E-state index < -0.39 is 16.1 Å². The van der Waals surface area contributed by atoms with Gasteiger partial charge >= 0.3 is 0 Å². The Bertz CT molecular complexity index is 1430. The SMILES string of the molecule is CC(=O)Nc1ccc(-c2cnc(-c3ccc(NC(=S)NC(C)C)cc3)s2)c(S(=O)(=O)N[C@H]2CC[C@H](O)CC2)c1. The first kappa shape index (κ1) is 29.1. The first-order chi connectivity index (χ1) is 18.5. The van der Waals surface area contributed by atoms with Crippen molar-refractivity contribution in [1.29, 1.82) is 0 Å². The van der Waals surface area contributed by atoms with Gasteiger partial charge in [-0.3, -0.25) is 4.79 Å². The van der Waals surface area contributed by atoms with Gasteiger partial charge in [-0.25, -0.2) is 18.1 Å². The van der Waals surface area contributed by atoms with Gasteiger partial charge in [0.15, 0.2) is 5.11 Å². The third kappa shape index (κ3) is 7.83. The molecular weight excluding hydrogens is 555 g/mol. The van der Waals surface area contributed by atoms with E-state index in [1.165, 1.54) is 24.3 Å². The molecule has 1 heterocycles. The number of aliphatic hydroxyl groups excluding tert-OH is 1. The first-order valence-electron chi connectivity index (χ1n) is 12.8. The van der Waals surface area contributed by atoms with Crippen molar-refractivity contribution in [2.24, 2.45) is 0 Å². The second kappa shape index (κ2) is 12.5. The molecule has 208 valence electrons. The standard InChI is InChI=1S/C27H33N5O4S3/c1-16(2)29-27(37)31-19-6-4-18(5-7-19)26-28-15-24(38-26)23-13-10-21(30-17(3)33)14-25(23)39(35,36)32-20-8-11-22(34)12-9-20/h4-7,10,13-16,20,22,32,34H,8-9,11-12H2,1-3H3,(H,30,33)(H2,29,31,37)/t20-,22-. The number of hydrogen-bond donors (Lipinski definition) is 5. The number of rotatable bonds is 8. The smallest absolute Gasteiger partial charge is 0.241 e. The molecule has 0 atom stereocenters. The van der Waals surface area contributed by atoms with Crippen LogP contribution in [0.25, 0.3) is 21.0 Å². The minimum Gasteiger partial charge on any atom is -0.393 e. The van der Waals surface area contributed by atoms with Crippen LogP contribution in [0, 0.1) is 0 Å². The number of carbonyl (C=O) groups excluding carboxylic acids is 1. The van der Waals surface area contributed by atoms with Gasteiger partial charge in [0, 0.05) is 47.7 Å². The highest BCUT2D eigenvalue weighted by Gasteiger charge is 2.28. The number of hydrogen-bond acceptors (Lipinski definition) is 7. The molecule has 1 aliphatic rings. The van der Waals surface area contributed by atoms with Gasteiger partial charge in [-0.15, -0.1) is 11.3 Å². The average molecular weight is 588 g/mol. The van der Waals surface area contributed by atoms with Gasteiger partial charge in [0.05, 0.1) is 15.9 Å². The molecule has 3 aromatic rings. The van der Waals surface area contributed by atoms with Gasteiger partial charge in [-0.05, 0) is 88.1 Å². The highest BCUT2D eigenvalue weighted by Crippen LogP contribution is 2.37. The van der Waals surface area contributed by atoms with E-state index >= 15 is 0 Å². The summed E-state index contributed by atoms with van der Waals surface area (Å²) < 4.78 is 29.9. The summed E-state index contributed by atoms with van der Waals surface area (Å²) >= 11 is 6.69. The van der Waals surface area contributed by atoms with Crippen LogP contribution in [0.2, 0.25) is 0 Å². The van der Waals surface area contributed by atoms with Crippen molar-refractivity contribution in [2.75, 3.05) is 10.6 Å². The third-order valence-corrected chi connectivity index (χ3v) is 9.05. The lowest BCUT2D eigenvalue weighted by Gasteiger charge is -2.26. The Morgan fingerprint density at radius 1 is 1.05 bits per heavy atom. The first-order valence-corrected chi connectivity index (χ1v) is 15.5. The fourth-order valence-electron chi connectivity index (χ4n) is 4.36. The van der Waals surface area contributed by atoms with E-state index in [-0.39, 0.29) is 22.9 Å². The number of nitrogens with zero attached hydrogens (tertiary/aromatic N) is 1. The molecule has 5 N–H and O–H groups in total. The number of benzene rings is 2. The second-order valence-corrected chi connectivity index (χ2v) is 13.0. The fraction of sp³-hybridized carbons (Fsp3) is 0.370.